The average molecular weight is 1530 g/mol. The molecule has 8 bridgehead atoms. The number of hydrogen-bond acceptors (Lipinski definition) is 16. The summed E-state index contributed by atoms with van der Waals surface area (Å²) in [5.74, 6) is 0.825. The lowest BCUT2D eigenvalue weighted by Gasteiger charge is -2.31. The van der Waals surface area contributed by atoms with Crippen molar-refractivity contribution in [1.82, 2.24) is 17.2 Å². The Morgan fingerprint density at radius 2 is 0.324 bits per heavy atom. The van der Waals surface area contributed by atoms with Crippen LogP contribution >= 0.6 is 0 Å². The van der Waals surface area contributed by atoms with Crippen molar-refractivity contribution >= 4 is 83.2 Å². The Labute approximate surface area is 631 Å². The number of benzene rings is 12. The number of aryl methyl sites for hydroxylation is 4. The molecular weight excluding hydrogens is 1450 g/mol. The van der Waals surface area contributed by atoms with Gasteiger partial charge in [-0.25, -0.2) is 33.7 Å². The Hall–Kier alpha value is -10.3. The first-order valence-electron chi connectivity index (χ1n) is 34.7. The molecule has 2 heterocycles. The summed E-state index contributed by atoms with van der Waals surface area (Å²) in [6.45, 7) is 4.35. The molecule has 0 spiro atoms. The normalized spacial score (nSPS) is 14.3. The molecule has 0 amide bonds. The third-order valence-electron chi connectivity index (χ3n) is 20.3. The summed E-state index contributed by atoms with van der Waals surface area (Å²) in [5, 5.41) is 3.93. The molecule has 0 saturated carbocycles. The van der Waals surface area contributed by atoms with Crippen LogP contribution in [0, 0.1) is 27.7 Å². The van der Waals surface area contributed by atoms with Gasteiger partial charge in [0.25, 0.3) is 0 Å². The van der Waals surface area contributed by atoms with Crippen molar-refractivity contribution in [2.45, 2.75) is 99.6 Å². The van der Waals surface area contributed by atoms with Crippen molar-refractivity contribution < 1.29 is 71.6 Å². The van der Waals surface area contributed by atoms with Gasteiger partial charge in [0.2, 0.25) is 40.1 Å². The molecule has 14 rings (SSSR count). The van der Waals surface area contributed by atoms with E-state index in [-0.39, 0.29) is 118 Å². The van der Waals surface area contributed by atoms with Crippen LogP contribution in [0.4, 0.5) is 0 Å². The van der Waals surface area contributed by atoms with Crippen molar-refractivity contribution in [2.24, 2.45) is 0 Å². The van der Waals surface area contributed by atoms with E-state index in [1.54, 1.807) is 146 Å². The monoisotopic (exact) mass is 1530 g/mol. The summed E-state index contributed by atoms with van der Waals surface area (Å²) in [5.41, 5.74) is 6.10. The minimum Gasteiger partial charge on any atom is -0.492 e. The lowest BCUT2D eigenvalue weighted by molar-refractivity contribution is 0.321. The molecule has 560 valence electrons. The summed E-state index contributed by atoms with van der Waals surface area (Å²) >= 11 is 0. The van der Waals surface area contributed by atoms with E-state index < -0.39 is 40.1 Å². The second-order valence-electron chi connectivity index (χ2n) is 26.6. The summed E-state index contributed by atoms with van der Waals surface area (Å²) in [6.07, 6.45) is 0. The number of nitrogens with zero attached hydrogens (tertiary/aromatic N) is 4. The van der Waals surface area contributed by atoms with Crippen molar-refractivity contribution in [3.63, 3.8) is 0 Å². The van der Waals surface area contributed by atoms with Crippen molar-refractivity contribution in [3.8, 4) is 46.0 Å². The SMILES string of the molecule is COc1c(OC)c2c3ccccc3c1CN(S(=O)(=O)c1ccc(C)cc1)Cc1c(OC)c(OC)c(c3ccccc13)CN(S(=O)(=O)c1ccc(C)cc1)Cc1c(OC)c(OC)c(c3ccccc13)CN(S(=O)(=O)c1ccc(C)cc1)Cc1c(OC)c(OC)c(c3ccccc13)CN(S(=O)(=O)c1ccc(C)cc1)C2. The highest BCUT2D eigenvalue weighted by Gasteiger charge is 2.39. The minimum absolute atomic E-state index is 0.0310. The van der Waals surface area contributed by atoms with Crippen molar-refractivity contribution in [1.29, 1.82) is 0 Å². The van der Waals surface area contributed by atoms with Crippen LogP contribution in [-0.2, 0) is 92.5 Å². The first kappa shape index (κ1) is 75.9. The molecule has 2 aliphatic heterocycles. The molecule has 0 aliphatic carbocycles. The highest BCUT2D eigenvalue weighted by Crippen LogP contribution is 2.51. The smallest absolute Gasteiger partial charge is 0.243 e. The van der Waals surface area contributed by atoms with Crippen molar-refractivity contribution in [2.75, 3.05) is 56.9 Å². The maximum atomic E-state index is 16.1. The Kier molecular flexibility index (Phi) is 21.6. The standard InChI is InChI=1S/C84H84N4O16S4/c1-53-29-37-57(38-30-53)105(89,90)85-45-69-61-21-13-15-23-63(61)71(79(99-7)77(69)97-5)47-86(106(91,92)58-39-31-54(2)32-40-58)49-73-65-25-17-19-27-67(65)75(83(103-11)81(73)101-9)51-88(108(95,96)60-43-35-56(4)36-44-60)52-76-68-28-20-18-26-66(68)74(82(102-10)84(76)104-12)50-87(107(93,94)59-41-33-55(3)34-42-59)48-72-64-24-16-14-22-62(64)70(46-85)78(98-6)80(72)100-8/h13-44H,45-52H2,1-12H3. The molecule has 0 radical (unpaired) electrons. The Morgan fingerprint density at radius 3 is 0.435 bits per heavy atom. The summed E-state index contributed by atoms with van der Waals surface area (Å²) in [7, 11) is -6.80. The first-order valence-corrected chi connectivity index (χ1v) is 40.5. The fourth-order valence-electron chi connectivity index (χ4n) is 14.8. The largest absolute Gasteiger partial charge is 0.492 e. The predicted octanol–water partition coefficient (Wildman–Crippen LogP) is 15.5. The van der Waals surface area contributed by atoms with E-state index in [4.69, 9.17) is 37.9 Å². The zero-order valence-electron chi connectivity index (χ0n) is 62.1. The number of methoxy groups -OCH3 is 8. The van der Waals surface area contributed by atoms with E-state index in [0.717, 1.165) is 22.3 Å². The lowest BCUT2D eigenvalue weighted by atomic mass is 9.94. The number of ether oxygens (including phenoxy) is 8. The molecule has 0 saturated heterocycles. The quantitative estimate of drug-likeness (QED) is 0.0877. The molecule has 0 fully saturated rings. The van der Waals surface area contributed by atoms with Gasteiger partial charge in [0, 0.05) is 96.9 Å². The molecule has 20 nitrogen and oxygen atoms in total. The van der Waals surface area contributed by atoms with Gasteiger partial charge in [0.1, 0.15) is 0 Å². The molecule has 0 aromatic heterocycles. The summed E-state index contributed by atoms with van der Waals surface area (Å²) in [6, 6.07) is 55.0. The van der Waals surface area contributed by atoms with Gasteiger partial charge in [-0.1, -0.05) is 168 Å². The van der Waals surface area contributed by atoms with Crippen LogP contribution in [0.15, 0.2) is 214 Å². The average Bonchev–Trinajstić information content (AvgIpc) is 0.748. The third-order valence-corrected chi connectivity index (χ3v) is 27.5. The van der Waals surface area contributed by atoms with Crippen LogP contribution in [0.3, 0.4) is 0 Å². The molecule has 24 heteroatoms. The van der Waals surface area contributed by atoms with Gasteiger partial charge in [0.15, 0.2) is 46.0 Å². The van der Waals surface area contributed by atoms with Crippen LogP contribution in [-0.4, -0.2) is 108 Å². The van der Waals surface area contributed by atoms with Crippen LogP contribution in [0.25, 0.3) is 43.1 Å². The minimum atomic E-state index is -4.58. The number of sulfonamides is 4. The predicted molar refractivity (Wildman–Crippen MR) is 419 cm³/mol. The van der Waals surface area contributed by atoms with Crippen LogP contribution in [0.1, 0.15) is 66.8 Å². The van der Waals surface area contributed by atoms with Gasteiger partial charge in [-0.15, -0.1) is 0 Å². The maximum Gasteiger partial charge on any atom is 0.243 e. The molecule has 108 heavy (non-hydrogen) atoms. The van der Waals surface area contributed by atoms with Crippen molar-refractivity contribution in [3.05, 3.63) is 261 Å². The van der Waals surface area contributed by atoms with Gasteiger partial charge in [-0.05, 0) is 119 Å². The van der Waals surface area contributed by atoms with Gasteiger partial charge in [0.05, 0.1) is 76.5 Å². The molecule has 0 unspecified atom stereocenters. The highest BCUT2D eigenvalue weighted by molar-refractivity contribution is 7.90. The zero-order chi connectivity index (χ0) is 76.7. The van der Waals surface area contributed by atoms with Crippen LogP contribution in [0.2, 0.25) is 0 Å². The van der Waals surface area contributed by atoms with E-state index in [1.165, 1.54) is 74.1 Å². The fraction of sp³-hybridized carbons (Fsp3) is 0.238. The van der Waals surface area contributed by atoms with E-state index in [9.17, 15) is 0 Å². The molecule has 12 aromatic carbocycles. The summed E-state index contributed by atoms with van der Waals surface area (Å²) in [4.78, 5) is -0.124. The number of rotatable bonds is 16. The van der Waals surface area contributed by atoms with Crippen LogP contribution in [0.5, 0.6) is 46.0 Å². The van der Waals surface area contributed by atoms with Gasteiger partial charge in [-0.2, -0.15) is 17.2 Å². The molecule has 0 atom stereocenters. The lowest BCUT2D eigenvalue weighted by Crippen LogP contribution is -2.33. The van der Waals surface area contributed by atoms with E-state index in [1.807, 2.05) is 76.2 Å². The number of fused-ring (bicyclic) bond motifs is 12. The van der Waals surface area contributed by atoms with E-state index >= 15 is 33.7 Å². The second kappa shape index (κ2) is 30.8. The van der Waals surface area contributed by atoms with E-state index in [2.05, 4.69) is 0 Å². The highest BCUT2D eigenvalue weighted by atomic mass is 32.2. The number of hydrogen-bond donors (Lipinski definition) is 0. The second-order valence-corrected chi connectivity index (χ2v) is 34.4. The van der Waals surface area contributed by atoms with Gasteiger partial charge < -0.3 is 37.9 Å². The Bertz CT molecular complexity index is 5010. The van der Waals surface area contributed by atoms with Gasteiger partial charge in [-0.3, -0.25) is 0 Å². The van der Waals surface area contributed by atoms with Crippen LogP contribution < -0.4 is 37.9 Å². The third kappa shape index (κ3) is 13.8. The fourth-order valence-corrected chi connectivity index (χ4v) is 20.4. The Morgan fingerprint density at radius 1 is 0.204 bits per heavy atom. The topological polar surface area (TPSA) is 223 Å². The molecular formula is C84H84N4O16S4. The maximum absolute atomic E-state index is 16.1. The molecule has 12 aromatic rings. The van der Waals surface area contributed by atoms with E-state index in [0.29, 0.717) is 87.6 Å². The molecule has 2 aliphatic rings. The first-order chi connectivity index (χ1) is 51.9. The van der Waals surface area contributed by atoms with Gasteiger partial charge >= 0.3 is 0 Å². The summed E-state index contributed by atoms with van der Waals surface area (Å²) < 4.78 is 186. The Balaban J connectivity index is 1.15. The zero-order valence-corrected chi connectivity index (χ0v) is 65.4. The molecule has 0 N–H and O–H groups in total.